The van der Waals surface area contributed by atoms with Gasteiger partial charge in [0, 0.05) is 19.3 Å². The van der Waals surface area contributed by atoms with Gasteiger partial charge in [-0.05, 0) is 57.8 Å². The molecule has 2 N–H and O–H groups in total. The maximum Gasteiger partial charge on any atom is 0.472 e. The molecule has 3 unspecified atom stereocenters. The van der Waals surface area contributed by atoms with Crippen LogP contribution in [0, 0.1) is 0 Å². The van der Waals surface area contributed by atoms with Crippen molar-refractivity contribution in [1.82, 2.24) is 0 Å². The van der Waals surface area contributed by atoms with E-state index in [0.29, 0.717) is 25.7 Å². The molecule has 11 nitrogen and oxygen atoms in total. The van der Waals surface area contributed by atoms with E-state index in [-0.39, 0.29) is 25.9 Å². The van der Waals surface area contributed by atoms with E-state index < -0.39 is 57.8 Å². The minimum absolute atomic E-state index is 0.150. The predicted octanol–water partition coefficient (Wildman–Crippen LogP) is 20.3. The molecule has 0 saturated carbocycles. The first-order valence-corrected chi connectivity index (χ1v) is 34.7. The Labute approximate surface area is 491 Å². The zero-order valence-electron chi connectivity index (χ0n) is 51.8. The van der Waals surface area contributed by atoms with Crippen molar-refractivity contribution in [3.05, 3.63) is 60.8 Å². The van der Waals surface area contributed by atoms with Crippen LogP contribution in [0.25, 0.3) is 0 Å². The van der Waals surface area contributed by atoms with Gasteiger partial charge in [-0.1, -0.05) is 300 Å². The summed E-state index contributed by atoms with van der Waals surface area (Å²) in [5.74, 6) is -1.51. The van der Waals surface area contributed by atoms with Crippen molar-refractivity contribution in [2.24, 2.45) is 0 Å². The second-order valence-corrected chi connectivity index (χ2v) is 23.7. The number of phosphoric ester groups is 1. The van der Waals surface area contributed by atoms with Crippen molar-refractivity contribution in [2.75, 3.05) is 26.4 Å². The molecule has 0 aliphatic carbocycles. The van der Waals surface area contributed by atoms with Gasteiger partial charge in [-0.15, -0.1) is 0 Å². The fourth-order valence-corrected chi connectivity index (χ4v) is 10.2. The third-order valence-corrected chi connectivity index (χ3v) is 15.4. The number of carbonyl (C=O) groups excluding carboxylic acids is 3. The largest absolute Gasteiger partial charge is 0.472 e. The smallest absolute Gasteiger partial charge is 0.462 e. The van der Waals surface area contributed by atoms with Crippen molar-refractivity contribution < 1.29 is 52.2 Å². The maximum absolute atomic E-state index is 13.0. The number of esters is 3. The van der Waals surface area contributed by atoms with E-state index in [0.717, 1.165) is 70.6 Å². The minimum Gasteiger partial charge on any atom is -0.462 e. The lowest BCUT2D eigenvalue weighted by atomic mass is 10.0. The first-order chi connectivity index (χ1) is 39.2. The fraction of sp³-hybridized carbons (Fsp3) is 0.809. The molecular weight excluding hydrogens is 1020 g/mol. The quantitative estimate of drug-likeness (QED) is 0.0197. The standard InChI is InChI=1S/C68H123O11P/c1-4-7-10-13-16-19-22-25-28-31-32-35-38-41-44-47-50-53-56-59-68(72)79-65(61-75-66(70)57-54-51-48-45-42-39-36-33-29-26-23-20-17-14-11-8-5-2)63-77-80(73,74)76-62-64(60-69)78-67(71)58-55-52-49-46-43-40-37-34-30-27-24-21-18-15-12-9-6-3/h8,11,17,20,26,29,36,39,45,48,64-65,69H,4-7,9-10,12-16,18-19,21-25,27-28,30-35,37-38,40-44,46-47,49-63H2,1-3H3,(H,73,74)/b11-8-,20-17-,29-26-,39-36-,48-45-. The van der Waals surface area contributed by atoms with E-state index in [2.05, 4.69) is 75.5 Å². The van der Waals surface area contributed by atoms with E-state index in [9.17, 15) is 28.9 Å². The summed E-state index contributed by atoms with van der Waals surface area (Å²) in [5.41, 5.74) is 0. The molecule has 0 saturated heterocycles. The zero-order valence-corrected chi connectivity index (χ0v) is 52.7. The molecule has 0 amide bonds. The Balaban J connectivity index is 4.71. The van der Waals surface area contributed by atoms with Crippen LogP contribution in [0.4, 0.5) is 0 Å². The fourth-order valence-electron chi connectivity index (χ4n) is 9.45. The van der Waals surface area contributed by atoms with Gasteiger partial charge in [-0.25, -0.2) is 4.57 Å². The van der Waals surface area contributed by atoms with Crippen LogP contribution in [-0.4, -0.2) is 66.5 Å². The monoisotopic (exact) mass is 1150 g/mol. The van der Waals surface area contributed by atoms with Crippen LogP contribution in [0.15, 0.2) is 60.8 Å². The predicted molar refractivity (Wildman–Crippen MR) is 335 cm³/mol. The van der Waals surface area contributed by atoms with Gasteiger partial charge in [-0.2, -0.15) is 0 Å². The lowest BCUT2D eigenvalue weighted by Crippen LogP contribution is -2.30. The summed E-state index contributed by atoms with van der Waals surface area (Å²) < 4.78 is 39.7. The second-order valence-electron chi connectivity index (χ2n) is 22.3. The average molecular weight is 1150 g/mol. The molecule has 0 aromatic rings. The summed E-state index contributed by atoms with van der Waals surface area (Å²) in [5, 5.41) is 9.86. The molecule has 12 heteroatoms. The third-order valence-electron chi connectivity index (χ3n) is 14.5. The molecule has 80 heavy (non-hydrogen) atoms. The molecule has 0 aromatic heterocycles. The van der Waals surface area contributed by atoms with Gasteiger partial charge in [0.05, 0.1) is 19.8 Å². The Kier molecular flexibility index (Phi) is 60.0. The Hall–Kier alpha value is -2.82. The summed E-state index contributed by atoms with van der Waals surface area (Å²) in [6.45, 7) is 4.54. The Morgan fingerprint density at radius 3 is 0.988 bits per heavy atom. The Morgan fingerprint density at radius 1 is 0.362 bits per heavy atom. The second kappa shape index (κ2) is 62.2. The van der Waals surface area contributed by atoms with Crippen LogP contribution in [0.5, 0.6) is 0 Å². The molecule has 0 spiro atoms. The van der Waals surface area contributed by atoms with Crippen molar-refractivity contribution in [2.45, 2.75) is 328 Å². The van der Waals surface area contributed by atoms with Gasteiger partial charge in [0.2, 0.25) is 0 Å². The zero-order chi connectivity index (χ0) is 58.3. The Morgan fingerprint density at radius 2 is 0.650 bits per heavy atom. The van der Waals surface area contributed by atoms with E-state index in [1.807, 2.05) is 6.08 Å². The highest BCUT2D eigenvalue weighted by atomic mass is 31.2. The van der Waals surface area contributed by atoms with Gasteiger partial charge in [-0.3, -0.25) is 23.4 Å². The number of aliphatic hydroxyl groups excluding tert-OH is 1. The van der Waals surface area contributed by atoms with Gasteiger partial charge < -0.3 is 24.2 Å². The van der Waals surface area contributed by atoms with Crippen LogP contribution in [-0.2, 0) is 42.2 Å². The number of unbranched alkanes of at least 4 members (excludes halogenated alkanes) is 35. The van der Waals surface area contributed by atoms with E-state index in [4.69, 9.17) is 23.3 Å². The van der Waals surface area contributed by atoms with Gasteiger partial charge in [0.15, 0.2) is 6.10 Å². The molecule has 0 aliphatic heterocycles. The van der Waals surface area contributed by atoms with Crippen molar-refractivity contribution in [1.29, 1.82) is 0 Å². The number of rotatable bonds is 62. The molecule has 0 heterocycles. The molecule has 0 aromatic carbocycles. The summed E-state index contributed by atoms with van der Waals surface area (Å²) in [7, 11) is -4.76. The highest BCUT2D eigenvalue weighted by Gasteiger charge is 2.28. The highest BCUT2D eigenvalue weighted by molar-refractivity contribution is 7.47. The van der Waals surface area contributed by atoms with E-state index in [1.54, 1.807) is 0 Å². The van der Waals surface area contributed by atoms with Gasteiger partial charge >= 0.3 is 25.7 Å². The molecule has 0 rings (SSSR count). The maximum atomic E-state index is 13.0. The molecule has 466 valence electrons. The first-order valence-electron chi connectivity index (χ1n) is 33.2. The van der Waals surface area contributed by atoms with E-state index in [1.165, 1.54) is 180 Å². The molecule has 0 fully saturated rings. The summed E-state index contributed by atoms with van der Waals surface area (Å²) in [4.78, 5) is 48.8. The summed E-state index contributed by atoms with van der Waals surface area (Å²) >= 11 is 0. The third kappa shape index (κ3) is 59.8. The molecule has 0 bridgehead atoms. The normalized spacial score (nSPS) is 13.6. The van der Waals surface area contributed by atoms with Crippen molar-refractivity contribution in [3.63, 3.8) is 0 Å². The number of phosphoric acid groups is 1. The topological polar surface area (TPSA) is 155 Å². The molecule has 3 atom stereocenters. The lowest BCUT2D eigenvalue weighted by molar-refractivity contribution is -0.161. The van der Waals surface area contributed by atoms with Crippen molar-refractivity contribution in [3.8, 4) is 0 Å². The van der Waals surface area contributed by atoms with Crippen LogP contribution in [0.1, 0.15) is 316 Å². The van der Waals surface area contributed by atoms with Crippen molar-refractivity contribution >= 4 is 25.7 Å². The molecule has 0 radical (unpaired) electrons. The van der Waals surface area contributed by atoms with E-state index >= 15 is 0 Å². The van der Waals surface area contributed by atoms with Gasteiger partial charge in [0.1, 0.15) is 12.7 Å². The number of carbonyl (C=O) groups is 3. The summed E-state index contributed by atoms with van der Waals surface area (Å²) in [6, 6.07) is 0. The first kappa shape index (κ1) is 77.2. The van der Waals surface area contributed by atoms with Crippen LogP contribution in [0.2, 0.25) is 0 Å². The SMILES string of the molecule is CC/C=C\C/C=C\C/C=C\C/C=C\C/C=C\CCCC(=O)OCC(COP(=O)(O)OCC(CO)OC(=O)CCCCCCCCCCCCCCCCCCC)OC(=O)CCCCCCCCCCCCCCCCCCCCC. The average Bonchev–Trinajstić information content (AvgIpc) is 3.45. The summed E-state index contributed by atoms with van der Waals surface area (Å²) in [6.07, 6.45) is 70.4. The number of hydrogen-bond acceptors (Lipinski definition) is 10. The van der Waals surface area contributed by atoms with Gasteiger partial charge in [0.25, 0.3) is 0 Å². The number of ether oxygens (including phenoxy) is 3. The highest BCUT2D eigenvalue weighted by Crippen LogP contribution is 2.43. The number of allylic oxidation sites excluding steroid dienone is 10. The van der Waals surface area contributed by atoms with Crippen LogP contribution >= 0.6 is 7.82 Å². The Bertz CT molecular complexity index is 1570. The van der Waals surface area contributed by atoms with Crippen LogP contribution < -0.4 is 0 Å². The van der Waals surface area contributed by atoms with Crippen LogP contribution in [0.3, 0.4) is 0 Å². The molecular formula is C68H123O11P. The number of hydrogen-bond donors (Lipinski definition) is 2. The number of aliphatic hydroxyl groups is 1. The molecule has 0 aliphatic rings. The minimum atomic E-state index is -4.76. The lowest BCUT2D eigenvalue weighted by Gasteiger charge is -2.21.